The molecule has 0 spiro atoms. The Morgan fingerprint density at radius 1 is 1.38 bits per heavy atom. The van der Waals surface area contributed by atoms with Crippen molar-refractivity contribution in [3.63, 3.8) is 0 Å². The van der Waals surface area contributed by atoms with E-state index in [0.717, 1.165) is 32.0 Å². The molecule has 1 atom stereocenters. The van der Waals surface area contributed by atoms with E-state index in [1.807, 2.05) is 24.8 Å². The third kappa shape index (κ3) is 3.43. The molecule has 1 N–H and O–H groups in total. The number of hydrogen-bond donors (Lipinski definition) is 1. The molecule has 1 aliphatic rings. The molecule has 6 heteroatoms. The highest BCUT2D eigenvalue weighted by atomic mass is 35.5. The summed E-state index contributed by atoms with van der Waals surface area (Å²) < 4.78 is 2.11. The van der Waals surface area contributed by atoms with E-state index in [4.69, 9.17) is 0 Å². The first kappa shape index (κ1) is 15.9. The Morgan fingerprint density at radius 2 is 2.24 bits per heavy atom. The Morgan fingerprint density at radius 3 is 2.95 bits per heavy atom. The zero-order chi connectivity index (χ0) is 13.9. The van der Waals surface area contributed by atoms with Gasteiger partial charge in [-0.25, -0.2) is 4.98 Å². The zero-order valence-corrected chi connectivity index (χ0v) is 13.3. The van der Waals surface area contributed by atoms with Gasteiger partial charge < -0.3 is 9.88 Å². The molecule has 0 aliphatic carbocycles. The predicted molar refractivity (Wildman–Crippen MR) is 85.5 cm³/mol. The van der Waals surface area contributed by atoms with Crippen LogP contribution in [-0.4, -0.2) is 39.1 Å². The van der Waals surface area contributed by atoms with Gasteiger partial charge in [0.2, 0.25) is 0 Å². The van der Waals surface area contributed by atoms with Gasteiger partial charge in [0, 0.05) is 58.0 Å². The summed E-state index contributed by atoms with van der Waals surface area (Å²) in [5, 5.41) is 3.47. The van der Waals surface area contributed by atoms with Gasteiger partial charge in [-0.1, -0.05) is 0 Å². The highest BCUT2D eigenvalue weighted by Crippen LogP contribution is 2.23. The summed E-state index contributed by atoms with van der Waals surface area (Å²) in [6.07, 6.45) is 7.72. The fraction of sp³-hybridized carbons (Fsp3) is 0.467. The number of halogens is 1. The average molecular weight is 308 g/mol. The molecule has 3 heterocycles. The summed E-state index contributed by atoms with van der Waals surface area (Å²) in [6.45, 7) is 6.09. The molecule has 0 bridgehead atoms. The quantitative estimate of drug-likeness (QED) is 0.937. The van der Waals surface area contributed by atoms with Crippen molar-refractivity contribution in [2.45, 2.75) is 19.5 Å². The van der Waals surface area contributed by atoms with Crippen LogP contribution in [0.25, 0.3) is 0 Å². The van der Waals surface area contributed by atoms with Crippen LogP contribution >= 0.6 is 12.4 Å². The lowest BCUT2D eigenvalue weighted by Crippen LogP contribution is -2.46. The Bertz CT molecular complexity index is 583. The lowest BCUT2D eigenvalue weighted by molar-refractivity contribution is 0.144. The minimum absolute atomic E-state index is 0. The minimum atomic E-state index is 0. The third-order valence-corrected chi connectivity index (χ3v) is 4.03. The smallest absolute Gasteiger partial charge is 0.127 e. The minimum Gasteiger partial charge on any atom is -0.337 e. The molecule has 3 rings (SSSR count). The number of pyridine rings is 1. The lowest BCUT2D eigenvalue weighted by Gasteiger charge is -2.35. The van der Waals surface area contributed by atoms with Crippen molar-refractivity contribution < 1.29 is 0 Å². The maximum atomic E-state index is 4.52. The maximum Gasteiger partial charge on any atom is 0.127 e. The Hall–Kier alpha value is -1.43. The van der Waals surface area contributed by atoms with Gasteiger partial charge >= 0.3 is 0 Å². The van der Waals surface area contributed by atoms with Crippen LogP contribution in [0.3, 0.4) is 0 Å². The van der Waals surface area contributed by atoms with Gasteiger partial charge in [-0.2, -0.15) is 0 Å². The third-order valence-electron chi connectivity index (χ3n) is 4.03. The molecule has 1 saturated heterocycles. The van der Waals surface area contributed by atoms with Gasteiger partial charge in [0.1, 0.15) is 5.82 Å². The van der Waals surface area contributed by atoms with Crippen molar-refractivity contribution in [1.82, 2.24) is 24.8 Å². The van der Waals surface area contributed by atoms with Gasteiger partial charge in [0.05, 0.1) is 6.04 Å². The molecular formula is C15H22ClN5. The average Bonchev–Trinajstić information content (AvgIpc) is 2.88. The van der Waals surface area contributed by atoms with Gasteiger partial charge in [-0.15, -0.1) is 12.4 Å². The van der Waals surface area contributed by atoms with Crippen LogP contribution in [0.5, 0.6) is 0 Å². The van der Waals surface area contributed by atoms with Crippen LogP contribution < -0.4 is 5.32 Å². The van der Waals surface area contributed by atoms with Gasteiger partial charge in [0.25, 0.3) is 0 Å². The first-order valence-corrected chi connectivity index (χ1v) is 7.07. The molecular weight excluding hydrogens is 286 g/mol. The Labute approximate surface area is 131 Å². The van der Waals surface area contributed by atoms with Crippen LogP contribution in [-0.2, 0) is 13.6 Å². The second kappa shape index (κ2) is 7.02. The number of aryl methyl sites for hydroxylation is 2. The fourth-order valence-corrected chi connectivity index (χ4v) is 2.77. The number of rotatable bonds is 3. The maximum absolute atomic E-state index is 4.52. The molecule has 1 aliphatic heterocycles. The summed E-state index contributed by atoms with van der Waals surface area (Å²) in [4.78, 5) is 11.3. The van der Waals surface area contributed by atoms with Crippen molar-refractivity contribution in [1.29, 1.82) is 0 Å². The highest BCUT2D eigenvalue weighted by molar-refractivity contribution is 5.85. The zero-order valence-electron chi connectivity index (χ0n) is 12.5. The molecule has 1 fully saturated rings. The van der Waals surface area contributed by atoms with Crippen LogP contribution in [0.2, 0.25) is 0 Å². The summed E-state index contributed by atoms with van der Waals surface area (Å²) in [6, 6.07) is 2.40. The van der Waals surface area contributed by atoms with E-state index >= 15 is 0 Å². The Balaban J connectivity index is 0.00000161. The number of hydrogen-bond acceptors (Lipinski definition) is 4. The Kier molecular flexibility index (Phi) is 5.33. The molecule has 2 aromatic heterocycles. The van der Waals surface area contributed by atoms with Crippen molar-refractivity contribution in [2.75, 3.05) is 19.6 Å². The van der Waals surface area contributed by atoms with E-state index in [-0.39, 0.29) is 12.4 Å². The fourth-order valence-electron chi connectivity index (χ4n) is 2.77. The van der Waals surface area contributed by atoms with Crippen LogP contribution in [0.4, 0.5) is 0 Å². The van der Waals surface area contributed by atoms with E-state index < -0.39 is 0 Å². The number of aromatic nitrogens is 3. The SMILES string of the molecule is Cc1ccncc1CN1CCNCC1c1nccn1C.Cl. The standard InChI is InChI=1S/C15H21N5.ClH/c1-12-3-4-16-9-13(12)11-20-8-5-17-10-14(20)15-18-6-7-19(15)2;/h3-4,6-7,9,14,17H,5,8,10-11H2,1-2H3;1H. The highest BCUT2D eigenvalue weighted by Gasteiger charge is 2.26. The first-order valence-electron chi connectivity index (χ1n) is 7.07. The normalized spacial score (nSPS) is 19.2. The van der Waals surface area contributed by atoms with Gasteiger partial charge in [-0.3, -0.25) is 9.88 Å². The molecule has 0 saturated carbocycles. The molecule has 114 valence electrons. The second-order valence-corrected chi connectivity index (χ2v) is 5.39. The van der Waals surface area contributed by atoms with E-state index in [2.05, 4.69) is 44.8 Å². The summed E-state index contributed by atoms with van der Waals surface area (Å²) in [5.74, 6) is 1.12. The van der Waals surface area contributed by atoms with Crippen LogP contribution in [0, 0.1) is 6.92 Å². The van der Waals surface area contributed by atoms with Gasteiger partial charge in [0.15, 0.2) is 0 Å². The van der Waals surface area contributed by atoms with Gasteiger partial charge in [-0.05, 0) is 24.1 Å². The van der Waals surface area contributed by atoms with Crippen molar-refractivity contribution in [2.24, 2.45) is 7.05 Å². The number of nitrogens with zero attached hydrogens (tertiary/aromatic N) is 4. The number of nitrogens with one attached hydrogen (secondary N) is 1. The van der Waals surface area contributed by atoms with Crippen LogP contribution in [0.15, 0.2) is 30.9 Å². The molecule has 2 aromatic rings. The summed E-state index contributed by atoms with van der Waals surface area (Å²) in [5.41, 5.74) is 2.60. The number of piperazine rings is 1. The molecule has 1 unspecified atom stereocenters. The number of imidazole rings is 1. The van der Waals surface area contributed by atoms with E-state index in [0.29, 0.717) is 6.04 Å². The molecule has 5 nitrogen and oxygen atoms in total. The van der Waals surface area contributed by atoms with Crippen LogP contribution in [0.1, 0.15) is 23.0 Å². The predicted octanol–water partition coefficient (Wildman–Crippen LogP) is 1.69. The van der Waals surface area contributed by atoms with E-state index in [1.54, 1.807) is 0 Å². The largest absolute Gasteiger partial charge is 0.337 e. The lowest BCUT2D eigenvalue weighted by atomic mass is 10.1. The summed E-state index contributed by atoms with van der Waals surface area (Å²) >= 11 is 0. The van der Waals surface area contributed by atoms with E-state index in [9.17, 15) is 0 Å². The molecule has 21 heavy (non-hydrogen) atoms. The second-order valence-electron chi connectivity index (χ2n) is 5.39. The van der Waals surface area contributed by atoms with Crippen molar-refractivity contribution in [3.8, 4) is 0 Å². The molecule has 0 amide bonds. The molecule has 0 aromatic carbocycles. The van der Waals surface area contributed by atoms with Crippen molar-refractivity contribution >= 4 is 12.4 Å². The first-order chi connectivity index (χ1) is 9.75. The van der Waals surface area contributed by atoms with E-state index in [1.165, 1.54) is 11.1 Å². The summed E-state index contributed by atoms with van der Waals surface area (Å²) in [7, 11) is 2.06. The molecule has 0 radical (unpaired) electrons. The van der Waals surface area contributed by atoms with Crippen molar-refractivity contribution in [3.05, 3.63) is 47.8 Å². The monoisotopic (exact) mass is 307 g/mol. The topological polar surface area (TPSA) is 46.0 Å².